The van der Waals surface area contributed by atoms with Gasteiger partial charge in [-0.15, -0.1) is 0 Å². The first-order valence-corrected chi connectivity index (χ1v) is 12.5. The van der Waals surface area contributed by atoms with Crippen LogP contribution in [0.2, 0.25) is 0 Å². The lowest BCUT2D eigenvalue weighted by molar-refractivity contribution is -0.135. The quantitative estimate of drug-likeness (QED) is 0.302. The van der Waals surface area contributed by atoms with E-state index in [1.807, 2.05) is 105 Å². The van der Waals surface area contributed by atoms with Crippen molar-refractivity contribution in [3.63, 3.8) is 0 Å². The Labute approximate surface area is 185 Å². The van der Waals surface area contributed by atoms with Crippen LogP contribution in [0.15, 0.2) is 91.0 Å². The monoisotopic (exact) mass is 432 g/mol. The van der Waals surface area contributed by atoms with Crippen LogP contribution in [-0.4, -0.2) is 23.7 Å². The van der Waals surface area contributed by atoms with Crippen molar-refractivity contribution in [2.24, 2.45) is 5.92 Å². The van der Waals surface area contributed by atoms with Crippen LogP contribution < -0.4 is 15.9 Å². The molecule has 0 heterocycles. The molecule has 160 valence electrons. The predicted octanol–water partition coefficient (Wildman–Crippen LogP) is 4.33. The molecule has 0 spiro atoms. The normalized spacial score (nSPS) is 12.1. The van der Waals surface area contributed by atoms with Crippen molar-refractivity contribution in [3.8, 4) is 0 Å². The summed E-state index contributed by atoms with van der Waals surface area (Å²) in [5.74, 6) is -0.932. The number of rotatable bonds is 8. The Morgan fingerprint density at radius 2 is 1.13 bits per heavy atom. The molecule has 3 nitrogen and oxygen atoms in total. The second kappa shape index (κ2) is 10.4. The van der Waals surface area contributed by atoms with Crippen LogP contribution in [0.3, 0.4) is 0 Å². The van der Waals surface area contributed by atoms with E-state index in [1.54, 1.807) is 6.92 Å². The standard InChI is InChI=1S/C27H29O3P/c1-4-21(3)25(28)26(27(29)30-5-2)31(22-15-9-6-10-16-22,23-17-11-7-12-18-23)24-19-13-8-14-20-24/h6-21H,4-5H2,1-3H3. The SMILES string of the molecule is CCOC(=O)C(C(=O)C(C)CC)=P(c1ccccc1)(c1ccccc1)c1ccccc1. The van der Waals surface area contributed by atoms with E-state index >= 15 is 0 Å². The first-order chi connectivity index (χ1) is 15.1. The number of benzene rings is 3. The Hall–Kier alpha value is -2.90. The highest BCUT2D eigenvalue weighted by molar-refractivity contribution is 7.97. The number of hydrogen-bond donors (Lipinski definition) is 0. The maximum absolute atomic E-state index is 13.8. The van der Waals surface area contributed by atoms with Gasteiger partial charge in [-0.3, -0.25) is 4.79 Å². The number of carbonyl (C=O) groups is 2. The highest BCUT2D eigenvalue weighted by atomic mass is 31.2. The molecular weight excluding hydrogens is 403 g/mol. The Bertz CT molecular complexity index is 970. The third-order valence-electron chi connectivity index (χ3n) is 5.53. The van der Waals surface area contributed by atoms with Crippen LogP contribution in [0.1, 0.15) is 27.2 Å². The smallest absolute Gasteiger partial charge is 0.342 e. The van der Waals surface area contributed by atoms with Gasteiger partial charge in [-0.1, -0.05) is 105 Å². The summed E-state index contributed by atoms with van der Waals surface area (Å²) < 4.78 is 5.52. The van der Waals surface area contributed by atoms with E-state index in [9.17, 15) is 9.59 Å². The maximum Gasteiger partial charge on any atom is 0.342 e. The topological polar surface area (TPSA) is 43.4 Å². The lowest BCUT2D eigenvalue weighted by Gasteiger charge is -2.32. The van der Waals surface area contributed by atoms with Crippen LogP contribution in [0.4, 0.5) is 0 Å². The molecule has 0 aliphatic rings. The maximum atomic E-state index is 13.8. The fourth-order valence-electron chi connectivity index (χ4n) is 3.81. The van der Waals surface area contributed by atoms with Crippen LogP contribution in [0.5, 0.6) is 0 Å². The summed E-state index contributed by atoms with van der Waals surface area (Å²) >= 11 is 0. The summed E-state index contributed by atoms with van der Waals surface area (Å²) in [5.41, 5.74) is 0. The van der Waals surface area contributed by atoms with Gasteiger partial charge in [0.1, 0.15) is 5.29 Å². The molecule has 0 fully saturated rings. The summed E-state index contributed by atoms with van der Waals surface area (Å²) in [6, 6.07) is 29.8. The van der Waals surface area contributed by atoms with Gasteiger partial charge in [0.25, 0.3) is 0 Å². The van der Waals surface area contributed by atoms with E-state index in [0.29, 0.717) is 6.42 Å². The number of carbonyl (C=O) groups excluding carboxylic acids is 2. The van der Waals surface area contributed by atoms with Crippen LogP contribution in [0, 0.1) is 5.92 Å². The molecule has 0 N–H and O–H groups in total. The summed E-state index contributed by atoms with van der Waals surface area (Å²) in [7, 11) is 0. The second-order valence-electron chi connectivity index (χ2n) is 7.42. The molecule has 3 aromatic rings. The molecule has 3 rings (SSSR count). The van der Waals surface area contributed by atoms with Gasteiger partial charge in [0, 0.05) is 5.92 Å². The van der Waals surface area contributed by atoms with Gasteiger partial charge >= 0.3 is 5.97 Å². The minimum atomic E-state index is -2.78. The van der Waals surface area contributed by atoms with Crippen molar-refractivity contribution in [1.82, 2.24) is 0 Å². The second-order valence-corrected chi connectivity index (χ2v) is 10.8. The Kier molecular flexibility index (Phi) is 7.65. The molecule has 0 saturated heterocycles. The van der Waals surface area contributed by atoms with Crippen molar-refractivity contribution < 1.29 is 14.3 Å². The lowest BCUT2D eigenvalue weighted by atomic mass is 10.0. The highest BCUT2D eigenvalue weighted by Crippen LogP contribution is 2.47. The Morgan fingerprint density at radius 1 is 0.742 bits per heavy atom. The van der Waals surface area contributed by atoms with Gasteiger partial charge < -0.3 is 4.74 Å². The molecule has 0 aliphatic carbocycles. The minimum absolute atomic E-state index is 0.133. The number of esters is 1. The molecule has 0 amide bonds. The van der Waals surface area contributed by atoms with Crippen molar-refractivity contribution in [2.45, 2.75) is 27.2 Å². The molecule has 1 atom stereocenters. The number of ketones is 1. The van der Waals surface area contributed by atoms with E-state index in [-0.39, 0.29) is 23.6 Å². The molecule has 31 heavy (non-hydrogen) atoms. The number of hydrogen-bond acceptors (Lipinski definition) is 3. The van der Waals surface area contributed by atoms with E-state index < -0.39 is 12.9 Å². The molecule has 0 aliphatic heterocycles. The van der Waals surface area contributed by atoms with Crippen molar-refractivity contribution in [1.29, 1.82) is 0 Å². The van der Waals surface area contributed by atoms with Crippen molar-refractivity contribution in [2.75, 3.05) is 6.61 Å². The largest absolute Gasteiger partial charge is 0.462 e. The Morgan fingerprint density at radius 3 is 1.45 bits per heavy atom. The minimum Gasteiger partial charge on any atom is -0.462 e. The first-order valence-electron chi connectivity index (χ1n) is 10.7. The summed E-state index contributed by atoms with van der Waals surface area (Å²) in [6.45, 7) is 3.07. The summed E-state index contributed by atoms with van der Waals surface area (Å²) in [6.07, 6.45) is 0.653. The fraction of sp³-hybridized carbons (Fsp3) is 0.222. The van der Waals surface area contributed by atoms with E-state index in [2.05, 4.69) is 0 Å². The zero-order valence-corrected chi connectivity index (χ0v) is 19.2. The van der Waals surface area contributed by atoms with Gasteiger partial charge in [-0.25, -0.2) is 4.79 Å². The van der Waals surface area contributed by atoms with Crippen LogP contribution in [0.25, 0.3) is 0 Å². The third kappa shape index (κ3) is 4.43. The van der Waals surface area contributed by atoms with E-state index in [1.165, 1.54) is 0 Å². The zero-order valence-electron chi connectivity index (χ0n) is 18.3. The first kappa shape index (κ1) is 22.8. The molecule has 4 heteroatoms. The summed E-state index contributed by atoms with van der Waals surface area (Å²) in [5, 5.41) is 3.17. The average molecular weight is 433 g/mol. The zero-order chi connectivity index (χ0) is 22.3. The van der Waals surface area contributed by atoms with Crippen LogP contribution >= 0.6 is 6.89 Å². The van der Waals surface area contributed by atoms with Gasteiger partial charge in [0.05, 0.1) is 6.61 Å². The van der Waals surface area contributed by atoms with Crippen molar-refractivity contribution in [3.05, 3.63) is 91.0 Å². The van der Waals surface area contributed by atoms with Crippen LogP contribution in [-0.2, 0) is 14.3 Å². The Balaban J connectivity index is 2.62. The van der Waals surface area contributed by atoms with E-state index in [4.69, 9.17) is 4.74 Å². The molecule has 0 aromatic heterocycles. The molecule has 0 bridgehead atoms. The molecule has 3 aromatic carbocycles. The predicted molar refractivity (Wildman–Crippen MR) is 131 cm³/mol. The van der Waals surface area contributed by atoms with Gasteiger partial charge in [0.2, 0.25) is 0 Å². The third-order valence-corrected chi connectivity index (χ3v) is 9.82. The summed E-state index contributed by atoms with van der Waals surface area (Å²) in [4.78, 5) is 27.4. The molecular formula is C27H29O3P. The van der Waals surface area contributed by atoms with Gasteiger partial charge in [-0.2, -0.15) is 0 Å². The fourth-order valence-corrected chi connectivity index (χ4v) is 8.23. The van der Waals surface area contributed by atoms with E-state index in [0.717, 1.165) is 15.9 Å². The van der Waals surface area contributed by atoms with Crippen molar-refractivity contribution >= 4 is 39.8 Å². The number of ether oxygens (including phenoxy) is 1. The number of Topliss-reactive ketones (excluding diaryl/α,β-unsaturated/α-hetero) is 1. The average Bonchev–Trinajstić information content (AvgIpc) is 2.83. The van der Waals surface area contributed by atoms with Gasteiger partial charge in [-0.05, 0) is 36.1 Å². The molecule has 0 saturated carbocycles. The molecule has 1 unspecified atom stereocenters. The lowest BCUT2D eigenvalue weighted by Crippen LogP contribution is -2.40. The molecule has 0 radical (unpaired) electrons. The highest BCUT2D eigenvalue weighted by Gasteiger charge is 2.38. The van der Waals surface area contributed by atoms with Gasteiger partial charge in [0.15, 0.2) is 5.78 Å².